The highest BCUT2D eigenvalue weighted by Gasteiger charge is 2.42. The van der Waals surface area contributed by atoms with Gasteiger partial charge in [0, 0.05) is 6.54 Å². The first-order valence-corrected chi connectivity index (χ1v) is 7.12. The number of nitrogens with two attached hydrogens (primary N) is 2. The van der Waals surface area contributed by atoms with Gasteiger partial charge in [0.2, 0.25) is 11.9 Å². The van der Waals surface area contributed by atoms with Crippen molar-refractivity contribution in [3.05, 3.63) is 35.4 Å². The molecule has 0 bridgehead atoms. The van der Waals surface area contributed by atoms with Crippen molar-refractivity contribution >= 4 is 24.3 Å². The van der Waals surface area contributed by atoms with Crippen molar-refractivity contribution < 1.29 is 0 Å². The van der Waals surface area contributed by atoms with E-state index in [0.717, 1.165) is 32.2 Å². The fraction of sp³-hybridized carbons (Fsp3) is 0.467. The van der Waals surface area contributed by atoms with Crippen LogP contribution in [-0.4, -0.2) is 22.5 Å². The molecule has 0 atom stereocenters. The van der Waals surface area contributed by atoms with Gasteiger partial charge in [-0.05, 0) is 38.2 Å². The third-order valence-corrected chi connectivity index (χ3v) is 4.20. The Hall–Kier alpha value is -1.75. The highest BCUT2D eigenvalue weighted by molar-refractivity contribution is 5.95. The number of halogens is 1. The maximum absolute atomic E-state index is 6.12. The lowest BCUT2D eigenvalue weighted by molar-refractivity contribution is 0.173. The topological polar surface area (TPSA) is 80.0 Å². The summed E-state index contributed by atoms with van der Waals surface area (Å²) in [4.78, 5) is 10.9. The SMILES string of the molecule is Cc1ccc(CN2C(N)=NC(N)=NC23CCCC3)cc1.Cl. The van der Waals surface area contributed by atoms with Gasteiger partial charge in [-0.1, -0.05) is 29.8 Å². The third kappa shape index (κ3) is 2.97. The van der Waals surface area contributed by atoms with E-state index >= 15 is 0 Å². The third-order valence-electron chi connectivity index (χ3n) is 4.20. The predicted octanol–water partition coefficient (Wildman–Crippen LogP) is 2.13. The predicted molar refractivity (Wildman–Crippen MR) is 88.4 cm³/mol. The molecule has 1 spiro atoms. The van der Waals surface area contributed by atoms with Crippen LogP contribution >= 0.6 is 12.4 Å². The van der Waals surface area contributed by atoms with Crippen LogP contribution in [0, 0.1) is 6.92 Å². The van der Waals surface area contributed by atoms with Crippen molar-refractivity contribution in [3.8, 4) is 0 Å². The van der Waals surface area contributed by atoms with Crippen molar-refractivity contribution in [1.29, 1.82) is 0 Å². The monoisotopic (exact) mass is 307 g/mol. The van der Waals surface area contributed by atoms with E-state index in [1.807, 2.05) is 0 Å². The molecular weight excluding hydrogens is 286 g/mol. The second kappa shape index (κ2) is 5.93. The van der Waals surface area contributed by atoms with Crippen LogP contribution in [0.4, 0.5) is 0 Å². The zero-order chi connectivity index (χ0) is 14.2. The second-order valence-corrected chi connectivity index (χ2v) is 5.70. The first-order valence-electron chi connectivity index (χ1n) is 7.12. The van der Waals surface area contributed by atoms with E-state index in [-0.39, 0.29) is 18.1 Å². The Labute approximate surface area is 131 Å². The van der Waals surface area contributed by atoms with Crippen molar-refractivity contribution in [2.75, 3.05) is 0 Å². The molecule has 1 fully saturated rings. The fourth-order valence-electron chi connectivity index (χ4n) is 3.12. The molecule has 2 aliphatic rings. The second-order valence-electron chi connectivity index (χ2n) is 5.70. The van der Waals surface area contributed by atoms with Crippen molar-refractivity contribution in [1.82, 2.24) is 4.90 Å². The standard InChI is InChI=1S/C15H21N5.ClH/c1-11-4-6-12(7-5-11)10-20-14(17)18-13(16)19-15(20)8-2-3-9-15;/h4-7H,2-3,8-10H2,1H3,(H4,16,17,18,19);1H. The molecule has 1 aromatic carbocycles. The largest absolute Gasteiger partial charge is 0.369 e. The number of nitrogens with zero attached hydrogens (tertiary/aromatic N) is 3. The minimum atomic E-state index is -0.277. The maximum Gasteiger partial charge on any atom is 0.220 e. The quantitative estimate of drug-likeness (QED) is 0.878. The van der Waals surface area contributed by atoms with Crippen LogP contribution in [0.2, 0.25) is 0 Å². The van der Waals surface area contributed by atoms with E-state index in [1.54, 1.807) is 0 Å². The molecule has 0 radical (unpaired) electrons. The minimum absolute atomic E-state index is 0. The lowest BCUT2D eigenvalue weighted by Crippen LogP contribution is -2.55. The van der Waals surface area contributed by atoms with Crippen LogP contribution in [0.3, 0.4) is 0 Å². The molecule has 0 saturated heterocycles. The summed E-state index contributed by atoms with van der Waals surface area (Å²) >= 11 is 0. The van der Waals surface area contributed by atoms with Crippen LogP contribution < -0.4 is 11.5 Å². The molecule has 114 valence electrons. The van der Waals surface area contributed by atoms with E-state index in [4.69, 9.17) is 11.5 Å². The summed E-state index contributed by atoms with van der Waals surface area (Å²) in [5, 5.41) is 0. The van der Waals surface area contributed by atoms with Crippen LogP contribution in [0.25, 0.3) is 0 Å². The number of benzene rings is 1. The Balaban J connectivity index is 0.00000161. The molecule has 21 heavy (non-hydrogen) atoms. The van der Waals surface area contributed by atoms with Crippen LogP contribution in [0.15, 0.2) is 34.3 Å². The van der Waals surface area contributed by atoms with E-state index < -0.39 is 0 Å². The van der Waals surface area contributed by atoms with Gasteiger partial charge in [0.05, 0.1) is 0 Å². The summed E-state index contributed by atoms with van der Waals surface area (Å²) in [5.74, 6) is 0.796. The molecule has 0 amide bonds. The summed E-state index contributed by atoms with van der Waals surface area (Å²) in [7, 11) is 0. The number of aliphatic imine (C=N–C) groups is 2. The smallest absolute Gasteiger partial charge is 0.220 e. The van der Waals surface area contributed by atoms with Gasteiger partial charge in [-0.3, -0.25) is 0 Å². The van der Waals surface area contributed by atoms with E-state index in [0.29, 0.717) is 11.9 Å². The van der Waals surface area contributed by atoms with Gasteiger partial charge in [-0.15, -0.1) is 12.4 Å². The summed E-state index contributed by atoms with van der Waals surface area (Å²) in [6.07, 6.45) is 4.31. The average Bonchev–Trinajstić information content (AvgIpc) is 2.85. The maximum atomic E-state index is 6.12. The summed E-state index contributed by atoms with van der Waals surface area (Å²) in [6, 6.07) is 8.50. The number of aryl methyl sites for hydroxylation is 1. The molecule has 1 aliphatic carbocycles. The molecule has 3 rings (SSSR count). The van der Waals surface area contributed by atoms with Gasteiger partial charge in [0.15, 0.2) is 0 Å². The molecule has 1 heterocycles. The van der Waals surface area contributed by atoms with Gasteiger partial charge >= 0.3 is 0 Å². The molecular formula is C15H22ClN5. The highest BCUT2D eigenvalue weighted by atomic mass is 35.5. The summed E-state index contributed by atoms with van der Waals surface area (Å²) in [6.45, 7) is 2.82. The zero-order valence-corrected chi connectivity index (χ0v) is 13.1. The van der Waals surface area contributed by atoms with E-state index in [9.17, 15) is 0 Å². The molecule has 1 aliphatic heterocycles. The molecule has 1 aromatic rings. The molecule has 4 N–H and O–H groups in total. The minimum Gasteiger partial charge on any atom is -0.369 e. The summed E-state index contributed by atoms with van der Waals surface area (Å²) < 4.78 is 0. The normalized spacial score (nSPS) is 20.0. The van der Waals surface area contributed by atoms with E-state index in [1.165, 1.54) is 11.1 Å². The molecule has 6 heteroatoms. The lowest BCUT2D eigenvalue weighted by Gasteiger charge is -2.41. The van der Waals surface area contributed by atoms with E-state index in [2.05, 4.69) is 46.1 Å². The molecule has 5 nitrogen and oxygen atoms in total. The molecule has 0 aromatic heterocycles. The Kier molecular flexibility index (Phi) is 4.42. The fourth-order valence-corrected chi connectivity index (χ4v) is 3.12. The Morgan fingerprint density at radius 3 is 2.38 bits per heavy atom. The van der Waals surface area contributed by atoms with Crippen LogP contribution in [0.5, 0.6) is 0 Å². The van der Waals surface area contributed by atoms with Crippen molar-refractivity contribution in [2.24, 2.45) is 21.5 Å². The van der Waals surface area contributed by atoms with Gasteiger partial charge < -0.3 is 16.4 Å². The number of rotatable bonds is 2. The zero-order valence-electron chi connectivity index (χ0n) is 12.2. The average molecular weight is 308 g/mol. The van der Waals surface area contributed by atoms with Crippen LogP contribution in [-0.2, 0) is 6.54 Å². The molecule has 1 saturated carbocycles. The summed E-state index contributed by atoms with van der Waals surface area (Å²) in [5.41, 5.74) is 14.1. The lowest BCUT2D eigenvalue weighted by atomic mass is 10.0. The van der Waals surface area contributed by atoms with Crippen molar-refractivity contribution in [2.45, 2.75) is 44.8 Å². The van der Waals surface area contributed by atoms with Crippen molar-refractivity contribution in [3.63, 3.8) is 0 Å². The highest BCUT2D eigenvalue weighted by Crippen LogP contribution is 2.38. The molecule has 0 unspecified atom stereocenters. The van der Waals surface area contributed by atoms with Gasteiger partial charge in [-0.25, -0.2) is 4.99 Å². The van der Waals surface area contributed by atoms with Gasteiger partial charge in [0.25, 0.3) is 0 Å². The number of hydrogen-bond donors (Lipinski definition) is 2. The number of hydrogen-bond acceptors (Lipinski definition) is 5. The Morgan fingerprint density at radius 1 is 1.14 bits per heavy atom. The Bertz CT molecular complexity index is 558. The Morgan fingerprint density at radius 2 is 1.76 bits per heavy atom. The van der Waals surface area contributed by atoms with Crippen LogP contribution in [0.1, 0.15) is 36.8 Å². The first kappa shape index (κ1) is 15.6. The first-order chi connectivity index (χ1) is 9.59. The van der Waals surface area contributed by atoms with Gasteiger partial charge in [0.1, 0.15) is 5.66 Å². The van der Waals surface area contributed by atoms with Gasteiger partial charge in [-0.2, -0.15) is 4.99 Å². The number of guanidine groups is 2.